The van der Waals surface area contributed by atoms with E-state index >= 15 is 0 Å². The maximum atomic E-state index is 12.8. The van der Waals surface area contributed by atoms with Crippen LogP contribution < -0.4 is 5.32 Å². The van der Waals surface area contributed by atoms with Gasteiger partial charge in [-0.3, -0.25) is 9.78 Å². The third-order valence-electron chi connectivity index (χ3n) is 3.95. The van der Waals surface area contributed by atoms with E-state index in [1.807, 2.05) is 49.4 Å². The molecule has 1 N–H and O–H groups in total. The van der Waals surface area contributed by atoms with E-state index < -0.39 is 0 Å². The van der Waals surface area contributed by atoms with Gasteiger partial charge in [-0.15, -0.1) is 0 Å². The minimum atomic E-state index is -0.0909. The summed E-state index contributed by atoms with van der Waals surface area (Å²) in [5, 5.41) is 4.03. The van der Waals surface area contributed by atoms with Crippen LogP contribution in [-0.2, 0) is 0 Å². The van der Waals surface area contributed by atoms with Crippen LogP contribution >= 0.6 is 0 Å². The third kappa shape index (κ3) is 3.09. The lowest BCUT2D eigenvalue weighted by atomic mass is 9.95. The molecule has 0 saturated heterocycles. The number of rotatable bonds is 3. The maximum absolute atomic E-state index is 12.8. The molecule has 0 atom stereocenters. The Morgan fingerprint density at radius 3 is 2.65 bits per heavy atom. The summed E-state index contributed by atoms with van der Waals surface area (Å²) >= 11 is 0. The Morgan fingerprint density at radius 1 is 1.09 bits per heavy atom. The Hall–Kier alpha value is -2.68. The Balaban J connectivity index is 1.99. The number of nitrogens with zero attached hydrogens (tertiary/aromatic N) is 1. The molecule has 23 heavy (non-hydrogen) atoms. The van der Waals surface area contributed by atoms with Gasteiger partial charge >= 0.3 is 0 Å². The molecule has 0 fully saturated rings. The predicted molar refractivity (Wildman–Crippen MR) is 95.0 cm³/mol. The van der Waals surface area contributed by atoms with Crippen LogP contribution in [0.1, 0.15) is 41.3 Å². The summed E-state index contributed by atoms with van der Waals surface area (Å²) in [5.74, 6) is 0.202. The van der Waals surface area contributed by atoms with E-state index in [9.17, 15) is 4.79 Å². The fraction of sp³-hybridized carbons (Fsp3) is 0.200. The van der Waals surface area contributed by atoms with Crippen molar-refractivity contribution in [3.05, 3.63) is 71.4 Å². The first-order valence-corrected chi connectivity index (χ1v) is 7.82. The van der Waals surface area contributed by atoms with Crippen molar-refractivity contribution in [2.24, 2.45) is 0 Å². The zero-order valence-electron chi connectivity index (χ0n) is 13.6. The summed E-state index contributed by atoms with van der Waals surface area (Å²) in [6, 6.07) is 15.6. The Bertz CT molecular complexity index is 863. The second kappa shape index (κ2) is 6.21. The summed E-state index contributed by atoms with van der Waals surface area (Å²) < 4.78 is 0. The number of aromatic nitrogens is 1. The average Bonchev–Trinajstić information content (AvgIpc) is 2.55. The summed E-state index contributed by atoms with van der Waals surface area (Å²) in [7, 11) is 0. The number of nitrogens with one attached hydrogen (secondary N) is 1. The molecule has 3 aromatic rings. The molecule has 0 spiro atoms. The second-order valence-electron chi connectivity index (χ2n) is 6.08. The molecule has 0 saturated carbocycles. The van der Waals surface area contributed by atoms with Crippen molar-refractivity contribution < 1.29 is 4.79 Å². The van der Waals surface area contributed by atoms with Crippen molar-refractivity contribution in [1.29, 1.82) is 0 Å². The lowest BCUT2D eigenvalue weighted by Crippen LogP contribution is -2.15. The van der Waals surface area contributed by atoms with Crippen LogP contribution in [0, 0.1) is 6.92 Å². The van der Waals surface area contributed by atoms with Gasteiger partial charge in [-0.2, -0.15) is 0 Å². The summed E-state index contributed by atoms with van der Waals surface area (Å²) in [6.07, 6.45) is 1.74. The van der Waals surface area contributed by atoms with E-state index in [1.165, 1.54) is 0 Å². The third-order valence-corrected chi connectivity index (χ3v) is 3.95. The van der Waals surface area contributed by atoms with Crippen LogP contribution in [0.3, 0.4) is 0 Å². The zero-order chi connectivity index (χ0) is 16.4. The number of hydrogen-bond donors (Lipinski definition) is 1. The molecule has 2 aromatic carbocycles. The van der Waals surface area contributed by atoms with Gasteiger partial charge < -0.3 is 5.32 Å². The number of carbonyl (C=O) groups is 1. The van der Waals surface area contributed by atoms with E-state index in [-0.39, 0.29) is 5.91 Å². The maximum Gasteiger partial charge on any atom is 0.256 e. The summed E-state index contributed by atoms with van der Waals surface area (Å²) in [6.45, 7) is 6.25. The minimum Gasteiger partial charge on any atom is -0.320 e. The van der Waals surface area contributed by atoms with Gasteiger partial charge in [-0.25, -0.2) is 0 Å². The van der Waals surface area contributed by atoms with Crippen LogP contribution in [-0.4, -0.2) is 10.9 Å². The first-order valence-electron chi connectivity index (χ1n) is 7.82. The van der Waals surface area contributed by atoms with E-state index in [4.69, 9.17) is 0 Å². The van der Waals surface area contributed by atoms with E-state index in [0.717, 1.165) is 33.3 Å². The highest BCUT2D eigenvalue weighted by Gasteiger charge is 2.15. The topological polar surface area (TPSA) is 42.0 Å². The van der Waals surface area contributed by atoms with Gasteiger partial charge in [0.25, 0.3) is 5.91 Å². The molecule has 0 unspecified atom stereocenters. The van der Waals surface area contributed by atoms with Gasteiger partial charge in [0, 0.05) is 17.1 Å². The quantitative estimate of drug-likeness (QED) is 0.746. The largest absolute Gasteiger partial charge is 0.320 e. The Kier molecular flexibility index (Phi) is 4.11. The van der Waals surface area contributed by atoms with Crippen molar-refractivity contribution in [3.63, 3.8) is 0 Å². The molecule has 3 heteroatoms. The number of hydrogen-bond acceptors (Lipinski definition) is 2. The standard InChI is InChI=1S/C20H20N2O/c1-13(2)17-12-14(3)9-10-16(17)20(23)22-18-8-4-6-15-7-5-11-21-19(15)18/h4-13H,1-3H3,(H,22,23). The number of anilines is 1. The highest BCUT2D eigenvalue weighted by atomic mass is 16.1. The lowest BCUT2D eigenvalue weighted by molar-refractivity contribution is 0.102. The number of fused-ring (bicyclic) bond motifs is 1. The molecular formula is C20H20N2O. The first kappa shape index (κ1) is 15.2. The highest BCUT2D eigenvalue weighted by molar-refractivity contribution is 6.09. The monoisotopic (exact) mass is 304 g/mol. The molecule has 0 aliphatic rings. The zero-order valence-corrected chi connectivity index (χ0v) is 13.6. The van der Waals surface area contributed by atoms with Crippen LogP contribution in [0.2, 0.25) is 0 Å². The van der Waals surface area contributed by atoms with Crippen LogP contribution in [0.4, 0.5) is 5.69 Å². The van der Waals surface area contributed by atoms with Crippen molar-refractivity contribution in [2.45, 2.75) is 26.7 Å². The van der Waals surface area contributed by atoms with Gasteiger partial charge in [0.05, 0.1) is 11.2 Å². The van der Waals surface area contributed by atoms with Gasteiger partial charge in [0.15, 0.2) is 0 Å². The Morgan fingerprint density at radius 2 is 1.87 bits per heavy atom. The number of pyridine rings is 1. The molecule has 3 rings (SSSR count). The van der Waals surface area contributed by atoms with Crippen LogP contribution in [0.25, 0.3) is 10.9 Å². The number of benzene rings is 2. The van der Waals surface area contributed by atoms with Crippen molar-refractivity contribution in [2.75, 3.05) is 5.32 Å². The number of amides is 1. The lowest BCUT2D eigenvalue weighted by Gasteiger charge is -2.14. The van der Waals surface area contributed by atoms with E-state index in [0.29, 0.717) is 5.92 Å². The van der Waals surface area contributed by atoms with Gasteiger partial charge in [0.1, 0.15) is 0 Å². The van der Waals surface area contributed by atoms with Crippen LogP contribution in [0.15, 0.2) is 54.7 Å². The summed E-state index contributed by atoms with van der Waals surface area (Å²) in [4.78, 5) is 17.1. The normalized spacial score (nSPS) is 11.0. The smallest absolute Gasteiger partial charge is 0.256 e. The number of carbonyl (C=O) groups excluding carboxylic acids is 1. The SMILES string of the molecule is Cc1ccc(C(=O)Nc2cccc3cccnc23)c(C(C)C)c1. The molecule has 0 aliphatic heterocycles. The van der Waals surface area contributed by atoms with E-state index in [2.05, 4.69) is 30.2 Å². The molecule has 1 amide bonds. The van der Waals surface area contributed by atoms with E-state index in [1.54, 1.807) is 6.20 Å². The number of para-hydroxylation sites is 1. The predicted octanol–water partition coefficient (Wildman–Crippen LogP) is 4.92. The average molecular weight is 304 g/mol. The van der Waals surface area contributed by atoms with Crippen molar-refractivity contribution in [3.8, 4) is 0 Å². The first-order chi connectivity index (χ1) is 11.1. The number of aryl methyl sites for hydroxylation is 1. The molecule has 1 aromatic heterocycles. The molecule has 1 heterocycles. The van der Waals surface area contributed by atoms with Gasteiger partial charge in [-0.05, 0) is 36.6 Å². The molecule has 0 aliphatic carbocycles. The molecule has 116 valence electrons. The molecule has 0 radical (unpaired) electrons. The minimum absolute atomic E-state index is 0.0909. The molecule has 0 bridgehead atoms. The fourth-order valence-electron chi connectivity index (χ4n) is 2.76. The van der Waals surface area contributed by atoms with Gasteiger partial charge in [0.2, 0.25) is 0 Å². The molecule has 3 nitrogen and oxygen atoms in total. The highest BCUT2D eigenvalue weighted by Crippen LogP contribution is 2.24. The molecular weight excluding hydrogens is 284 g/mol. The second-order valence-corrected chi connectivity index (χ2v) is 6.08. The van der Waals surface area contributed by atoms with Crippen molar-refractivity contribution in [1.82, 2.24) is 4.98 Å². The summed E-state index contributed by atoms with van der Waals surface area (Å²) in [5.41, 5.74) is 4.50. The van der Waals surface area contributed by atoms with Crippen LogP contribution in [0.5, 0.6) is 0 Å². The Labute approximate surface area is 136 Å². The fourth-order valence-corrected chi connectivity index (χ4v) is 2.76. The van der Waals surface area contributed by atoms with Crippen molar-refractivity contribution >= 4 is 22.5 Å². The van der Waals surface area contributed by atoms with Gasteiger partial charge in [-0.1, -0.05) is 49.7 Å².